The van der Waals surface area contributed by atoms with Crippen LogP contribution >= 0.6 is 11.3 Å². The van der Waals surface area contributed by atoms with E-state index < -0.39 is 27.1 Å². The van der Waals surface area contributed by atoms with Crippen LogP contribution < -0.4 is 4.80 Å². The number of aromatic nitrogens is 1. The number of non-ortho nitro benzene ring substituents is 2. The zero-order chi connectivity index (χ0) is 22.0. The Bertz CT molecular complexity index is 1200. The molecule has 2 aromatic carbocycles. The molecule has 0 spiro atoms. The molecule has 1 amide bonds. The van der Waals surface area contributed by atoms with E-state index in [1.807, 2.05) is 13.8 Å². The van der Waals surface area contributed by atoms with Crippen molar-refractivity contribution in [2.45, 2.75) is 20.4 Å². The molecule has 154 valence electrons. The number of rotatable bonds is 5. The fourth-order valence-electron chi connectivity index (χ4n) is 2.95. The predicted octanol–water partition coefficient (Wildman–Crippen LogP) is 4.24. The van der Waals surface area contributed by atoms with Gasteiger partial charge in [-0.2, -0.15) is 4.99 Å². The first-order valence-corrected chi connectivity index (χ1v) is 9.52. The largest absolute Gasteiger partial charge is 0.316 e. The summed E-state index contributed by atoms with van der Waals surface area (Å²) in [4.78, 5) is 38.4. The number of hydrogen-bond acceptors (Lipinski definition) is 6. The normalized spacial score (nSPS) is 11.5. The Morgan fingerprint density at radius 2 is 1.67 bits per heavy atom. The second kappa shape index (κ2) is 8.33. The quantitative estimate of drug-likeness (QED) is 0.443. The van der Waals surface area contributed by atoms with Gasteiger partial charge in [-0.25, -0.2) is 4.39 Å². The summed E-state index contributed by atoms with van der Waals surface area (Å²) in [5.74, 6) is -1.21. The van der Waals surface area contributed by atoms with Gasteiger partial charge < -0.3 is 4.57 Å². The van der Waals surface area contributed by atoms with E-state index in [0.717, 1.165) is 34.3 Å². The average molecular weight is 430 g/mol. The van der Waals surface area contributed by atoms with Crippen LogP contribution in [0.3, 0.4) is 0 Å². The van der Waals surface area contributed by atoms with Crippen molar-refractivity contribution < 1.29 is 19.0 Å². The minimum Gasteiger partial charge on any atom is -0.316 e. The van der Waals surface area contributed by atoms with E-state index >= 15 is 0 Å². The zero-order valence-electron chi connectivity index (χ0n) is 15.9. The SMILES string of the molecule is CCn1c(-c2ccc(F)cc2)c(C)sc1=NC(=O)c1cc([N+](=O)[O-])cc([N+](=O)[O-])c1. The van der Waals surface area contributed by atoms with E-state index in [9.17, 15) is 29.4 Å². The molecule has 0 aliphatic heterocycles. The summed E-state index contributed by atoms with van der Waals surface area (Å²) in [7, 11) is 0. The zero-order valence-corrected chi connectivity index (χ0v) is 16.7. The molecule has 0 unspecified atom stereocenters. The summed E-state index contributed by atoms with van der Waals surface area (Å²) >= 11 is 1.22. The molecule has 0 N–H and O–H groups in total. The molecule has 3 rings (SSSR count). The monoisotopic (exact) mass is 430 g/mol. The Labute approximate surface area is 173 Å². The molecular weight excluding hydrogens is 415 g/mol. The molecule has 0 bridgehead atoms. The maximum absolute atomic E-state index is 13.3. The fraction of sp³-hybridized carbons (Fsp3) is 0.158. The Morgan fingerprint density at radius 1 is 1.10 bits per heavy atom. The smallest absolute Gasteiger partial charge is 0.280 e. The number of halogens is 1. The fourth-order valence-corrected chi connectivity index (χ4v) is 4.01. The van der Waals surface area contributed by atoms with Gasteiger partial charge in [-0.1, -0.05) is 0 Å². The second-order valence-electron chi connectivity index (χ2n) is 6.21. The summed E-state index contributed by atoms with van der Waals surface area (Å²) in [5, 5.41) is 22.1. The number of nitro groups is 2. The van der Waals surface area contributed by atoms with Crippen molar-refractivity contribution in [3.05, 3.63) is 83.8 Å². The van der Waals surface area contributed by atoms with E-state index in [-0.39, 0.29) is 11.4 Å². The average Bonchev–Trinajstić information content (AvgIpc) is 3.02. The van der Waals surface area contributed by atoms with E-state index in [1.54, 1.807) is 16.7 Å². The van der Waals surface area contributed by atoms with Crippen LogP contribution in [0.5, 0.6) is 0 Å². The van der Waals surface area contributed by atoms with E-state index in [2.05, 4.69) is 4.99 Å². The third-order valence-electron chi connectivity index (χ3n) is 4.28. The van der Waals surface area contributed by atoms with Gasteiger partial charge >= 0.3 is 0 Å². The third-order valence-corrected chi connectivity index (χ3v) is 5.27. The molecule has 0 aliphatic rings. The first-order valence-electron chi connectivity index (χ1n) is 8.70. The summed E-state index contributed by atoms with van der Waals surface area (Å²) in [5.41, 5.74) is 0.111. The first-order chi connectivity index (χ1) is 14.2. The number of carbonyl (C=O) groups excluding carboxylic acids is 1. The van der Waals surface area contributed by atoms with E-state index in [1.165, 1.54) is 23.5 Å². The van der Waals surface area contributed by atoms with Crippen molar-refractivity contribution in [1.82, 2.24) is 4.57 Å². The summed E-state index contributed by atoms with van der Waals surface area (Å²) in [6.07, 6.45) is 0. The molecule has 0 fully saturated rings. The molecule has 30 heavy (non-hydrogen) atoms. The number of aryl methyl sites for hydroxylation is 1. The number of nitro benzene ring substituents is 2. The Balaban J connectivity index is 2.13. The number of hydrogen-bond donors (Lipinski definition) is 0. The van der Waals surface area contributed by atoms with Gasteiger partial charge in [0, 0.05) is 23.6 Å². The van der Waals surface area contributed by atoms with Gasteiger partial charge in [-0.3, -0.25) is 25.0 Å². The third kappa shape index (κ3) is 4.15. The molecule has 1 aromatic heterocycles. The van der Waals surface area contributed by atoms with E-state index in [4.69, 9.17) is 0 Å². The molecule has 0 aliphatic carbocycles. The molecule has 0 atom stereocenters. The molecule has 0 radical (unpaired) electrons. The van der Waals surface area contributed by atoms with Crippen molar-refractivity contribution in [2.24, 2.45) is 4.99 Å². The first kappa shape index (κ1) is 21.0. The van der Waals surface area contributed by atoms with Gasteiger partial charge in [0.15, 0.2) is 4.80 Å². The Hall–Kier alpha value is -3.73. The van der Waals surface area contributed by atoms with Crippen LogP contribution in [0.15, 0.2) is 47.5 Å². The second-order valence-corrected chi connectivity index (χ2v) is 7.39. The summed E-state index contributed by atoms with van der Waals surface area (Å²) < 4.78 is 15.0. The highest BCUT2D eigenvalue weighted by molar-refractivity contribution is 7.09. The van der Waals surface area contributed by atoms with Gasteiger partial charge in [-0.05, 0) is 43.7 Å². The van der Waals surface area contributed by atoms with Crippen LogP contribution in [0.2, 0.25) is 0 Å². The van der Waals surface area contributed by atoms with Crippen molar-refractivity contribution in [3.63, 3.8) is 0 Å². The lowest BCUT2D eigenvalue weighted by atomic mass is 10.1. The topological polar surface area (TPSA) is 121 Å². The maximum Gasteiger partial charge on any atom is 0.280 e. The maximum atomic E-state index is 13.3. The lowest BCUT2D eigenvalue weighted by Gasteiger charge is -2.07. The number of nitrogens with zero attached hydrogens (tertiary/aromatic N) is 4. The molecular formula is C19H15FN4O5S. The van der Waals surface area contributed by atoms with Gasteiger partial charge in [-0.15, -0.1) is 11.3 Å². The number of carbonyl (C=O) groups is 1. The molecule has 11 heteroatoms. The van der Waals surface area contributed by atoms with Crippen LogP contribution in [-0.4, -0.2) is 20.3 Å². The van der Waals surface area contributed by atoms with Gasteiger partial charge in [0.05, 0.1) is 27.2 Å². The highest BCUT2D eigenvalue weighted by atomic mass is 32.1. The van der Waals surface area contributed by atoms with Crippen molar-refractivity contribution in [3.8, 4) is 11.3 Å². The predicted molar refractivity (Wildman–Crippen MR) is 108 cm³/mol. The van der Waals surface area contributed by atoms with Crippen LogP contribution in [0.1, 0.15) is 22.2 Å². The van der Waals surface area contributed by atoms with Gasteiger partial charge in [0.1, 0.15) is 5.82 Å². The van der Waals surface area contributed by atoms with Crippen LogP contribution in [0.25, 0.3) is 11.3 Å². The lowest BCUT2D eigenvalue weighted by Crippen LogP contribution is -2.17. The van der Waals surface area contributed by atoms with Crippen LogP contribution in [0, 0.1) is 33.0 Å². The van der Waals surface area contributed by atoms with Crippen molar-refractivity contribution >= 4 is 28.6 Å². The lowest BCUT2D eigenvalue weighted by molar-refractivity contribution is -0.394. The standard InChI is InChI=1S/C19H15FN4O5S/c1-3-22-17(12-4-6-14(20)7-5-12)11(2)30-19(22)21-18(25)13-8-15(23(26)27)10-16(9-13)24(28)29/h4-10H,3H2,1-2H3. The minimum absolute atomic E-state index is 0.257. The van der Waals surface area contributed by atoms with Gasteiger partial charge in [0.25, 0.3) is 17.3 Å². The molecule has 1 heterocycles. The minimum atomic E-state index is -0.837. The Morgan fingerprint density at radius 3 is 2.17 bits per heavy atom. The highest BCUT2D eigenvalue weighted by Gasteiger charge is 2.20. The molecule has 0 saturated carbocycles. The van der Waals surface area contributed by atoms with Crippen molar-refractivity contribution in [1.29, 1.82) is 0 Å². The number of thiazole rings is 1. The number of amides is 1. The Kier molecular flexibility index (Phi) is 5.83. The molecule has 9 nitrogen and oxygen atoms in total. The van der Waals surface area contributed by atoms with Crippen LogP contribution in [-0.2, 0) is 6.54 Å². The van der Waals surface area contributed by atoms with E-state index in [0.29, 0.717) is 11.3 Å². The summed E-state index contributed by atoms with van der Waals surface area (Å²) in [6.45, 7) is 4.14. The van der Waals surface area contributed by atoms with Gasteiger partial charge in [0.2, 0.25) is 0 Å². The number of benzene rings is 2. The van der Waals surface area contributed by atoms with Crippen molar-refractivity contribution in [2.75, 3.05) is 0 Å². The molecule has 3 aromatic rings. The van der Waals surface area contributed by atoms with Crippen LogP contribution in [0.4, 0.5) is 15.8 Å². The highest BCUT2D eigenvalue weighted by Crippen LogP contribution is 2.26. The molecule has 0 saturated heterocycles. The summed E-state index contributed by atoms with van der Waals surface area (Å²) in [6, 6.07) is 8.59.